The molecule has 0 aromatic carbocycles. The fourth-order valence-corrected chi connectivity index (χ4v) is 2.41. The molecule has 0 amide bonds. The van der Waals surface area contributed by atoms with Crippen molar-refractivity contribution in [2.75, 3.05) is 66.3 Å². The van der Waals surface area contributed by atoms with Crippen molar-refractivity contribution in [2.24, 2.45) is 5.92 Å². The molecule has 1 aliphatic rings. The van der Waals surface area contributed by atoms with Crippen LogP contribution >= 0.6 is 0 Å². The Kier molecular flexibility index (Phi) is 10.2. The minimum absolute atomic E-state index is 0.645. The molecule has 0 saturated carbocycles. The molecule has 1 aliphatic heterocycles. The molecular weight excluding hydrogens is 256 g/mol. The molecule has 1 heterocycles. The van der Waals surface area contributed by atoms with Gasteiger partial charge in [0.25, 0.3) is 0 Å². The van der Waals surface area contributed by atoms with Gasteiger partial charge >= 0.3 is 0 Å². The second-order valence-electron chi connectivity index (χ2n) is 5.67. The molecule has 0 bridgehead atoms. The van der Waals surface area contributed by atoms with Crippen LogP contribution in [0, 0.1) is 5.92 Å². The zero-order valence-corrected chi connectivity index (χ0v) is 13.4. The topological polar surface area (TPSA) is 43.0 Å². The quantitative estimate of drug-likeness (QED) is 0.542. The Labute approximate surface area is 123 Å². The van der Waals surface area contributed by atoms with Crippen molar-refractivity contribution in [1.29, 1.82) is 0 Å². The Morgan fingerprint density at radius 1 is 1.10 bits per heavy atom. The fraction of sp³-hybridized carbons (Fsp3) is 1.00. The van der Waals surface area contributed by atoms with Crippen molar-refractivity contribution in [3.05, 3.63) is 0 Å². The van der Waals surface area contributed by atoms with Crippen molar-refractivity contribution in [3.8, 4) is 0 Å². The van der Waals surface area contributed by atoms with Crippen LogP contribution in [0.4, 0.5) is 0 Å². The first-order chi connectivity index (χ1) is 9.74. The van der Waals surface area contributed by atoms with E-state index in [9.17, 15) is 0 Å². The van der Waals surface area contributed by atoms with Crippen LogP contribution in [0.25, 0.3) is 0 Å². The fourth-order valence-electron chi connectivity index (χ4n) is 2.41. The molecule has 1 rings (SSSR count). The standard InChI is InChI=1S/C15H32N2O3/c1-14(2)17-6-4-15(13-17)12-16-5-7-19-10-11-20-9-8-18-3/h14-16H,4-13H2,1-3H3. The summed E-state index contributed by atoms with van der Waals surface area (Å²) in [4.78, 5) is 2.56. The lowest BCUT2D eigenvalue weighted by Crippen LogP contribution is -2.31. The number of hydrogen-bond acceptors (Lipinski definition) is 5. The summed E-state index contributed by atoms with van der Waals surface area (Å²) in [6.45, 7) is 12.4. The molecule has 1 N–H and O–H groups in total. The van der Waals surface area contributed by atoms with Gasteiger partial charge in [-0.15, -0.1) is 0 Å². The van der Waals surface area contributed by atoms with E-state index >= 15 is 0 Å². The number of rotatable bonds is 12. The maximum Gasteiger partial charge on any atom is 0.0701 e. The van der Waals surface area contributed by atoms with Gasteiger partial charge in [0.15, 0.2) is 0 Å². The minimum atomic E-state index is 0.645. The molecular formula is C15H32N2O3. The molecule has 5 nitrogen and oxygen atoms in total. The van der Waals surface area contributed by atoms with E-state index in [1.807, 2.05) is 0 Å². The number of nitrogens with zero attached hydrogens (tertiary/aromatic N) is 1. The zero-order chi connectivity index (χ0) is 14.6. The Balaban J connectivity index is 1.81. The maximum atomic E-state index is 5.50. The SMILES string of the molecule is COCCOCCOCCNCC1CCN(C(C)C)C1. The van der Waals surface area contributed by atoms with Crippen LogP contribution in [-0.4, -0.2) is 77.3 Å². The van der Waals surface area contributed by atoms with E-state index in [2.05, 4.69) is 24.1 Å². The summed E-state index contributed by atoms with van der Waals surface area (Å²) in [5.41, 5.74) is 0. The molecule has 1 saturated heterocycles. The van der Waals surface area contributed by atoms with E-state index in [0.717, 1.165) is 25.6 Å². The van der Waals surface area contributed by atoms with Crippen LogP contribution in [0.2, 0.25) is 0 Å². The highest BCUT2D eigenvalue weighted by Crippen LogP contribution is 2.17. The molecule has 0 aromatic rings. The van der Waals surface area contributed by atoms with E-state index in [0.29, 0.717) is 32.5 Å². The van der Waals surface area contributed by atoms with Crippen LogP contribution in [0.1, 0.15) is 20.3 Å². The van der Waals surface area contributed by atoms with E-state index in [4.69, 9.17) is 14.2 Å². The van der Waals surface area contributed by atoms with Crippen LogP contribution in [0.5, 0.6) is 0 Å². The minimum Gasteiger partial charge on any atom is -0.382 e. The lowest BCUT2D eigenvalue weighted by atomic mass is 10.1. The largest absolute Gasteiger partial charge is 0.382 e. The zero-order valence-electron chi connectivity index (χ0n) is 13.4. The van der Waals surface area contributed by atoms with Crippen molar-refractivity contribution >= 4 is 0 Å². The third kappa shape index (κ3) is 8.17. The number of methoxy groups -OCH3 is 1. The summed E-state index contributed by atoms with van der Waals surface area (Å²) in [7, 11) is 1.68. The summed E-state index contributed by atoms with van der Waals surface area (Å²) >= 11 is 0. The first-order valence-corrected chi connectivity index (χ1v) is 7.83. The van der Waals surface area contributed by atoms with Crippen LogP contribution in [-0.2, 0) is 14.2 Å². The third-order valence-electron chi connectivity index (χ3n) is 3.71. The second-order valence-corrected chi connectivity index (χ2v) is 5.67. The number of ether oxygens (including phenoxy) is 3. The van der Waals surface area contributed by atoms with Crippen molar-refractivity contribution in [2.45, 2.75) is 26.3 Å². The van der Waals surface area contributed by atoms with Gasteiger partial charge in [-0.1, -0.05) is 0 Å². The van der Waals surface area contributed by atoms with Gasteiger partial charge in [-0.05, 0) is 39.3 Å². The van der Waals surface area contributed by atoms with Gasteiger partial charge in [0.2, 0.25) is 0 Å². The van der Waals surface area contributed by atoms with Crippen LogP contribution in [0.15, 0.2) is 0 Å². The van der Waals surface area contributed by atoms with Crippen LogP contribution in [0.3, 0.4) is 0 Å². The van der Waals surface area contributed by atoms with E-state index in [1.165, 1.54) is 19.5 Å². The van der Waals surface area contributed by atoms with Gasteiger partial charge < -0.3 is 24.4 Å². The Bertz CT molecular complexity index is 227. The average Bonchev–Trinajstić information content (AvgIpc) is 2.90. The highest BCUT2D eigenvalue weighted by molar-refractivity contribution is 4.78. The summed E-state index contributed by atoms with van der Waals surface area (Å²) < 4.78 is 15.7. The number of hydrogen-bond donors (Lipinski definition) is 1. The smallest absolute Gasteiger partial charge is 0.0701 e. The third-order valence-corrected chi connectivity index (χ3v) is 3.71. The molecule has 0 radical (unpaired) electrons. The van der Waals surface area contributed by atoms with Crippen molar-refractivity contribution in [3.63, 3.8) is 0 Å². The highest BCUT2D eigenvalue weighted by atomic mass is 16.5. The van der Waals surface area contributed by atoms with Gasteiger partial charge in [0.05, 0.1) is 33.0 Å². The Morgan fingerprint density at radius 3 is 2.45 bits per heavy atom. The molecule has 1 unspecified atom stereocenters. The summed E-state index contributed by atoms with van der Waals surface area (Å²) in [5.74, 6) is 0.801. The van der Waals surface area contributed by atoms with E-state index in [-0.39, 0.29) is 0 Å². The second kappa shape index (κ2) is 11.5. The van der Waals surface area contributed by atoms with Crippen molar-refractivity contribution in [1.82, 2.24) is 10.2 Å². The summed E-state index contributed by atoms with van der Waals surface area (Å²) in [6.07, 6.45) is 1.32. The first kappa shape index (κ1) is 17.9. The molecule has 5 heteroatoms. The lowest BCUT2D eigenvalue weighted by Gasteiger charge is -2.20. The van der Waals surface area contributed by atoms with E-state index in [1.54, 1.807) is 7.11 Å². The van der Waals surface area contributed by atoms with E-state index < -0.39 is 0 Å². The monoisotopic (exact) mass is 288 g/mol. The molecule has 1 fully saturated rings. The van der Waals surface area contributed by atoms with Gasteiger partial charge in [0, 0.05) is 26.2 Å². The molecule has 0 aromatic heterocycles. The molecule has 1 atom stereocenters. The molecule has 20 heavy (non-hydrogen) atoms. The number of likely N-dealkylation sites (tertiary alicyclic amines) is 1. The van der Waals surface area contributed by atoms with Gasteiger partial charge in [0.1, 0.15) is 0 Å². The predicted octanol–water partition coefficient (Wildman–Crippen LogP) is 0.986. The lowest BCUT2D eigenvalue weighted by molar-refractivity contribution is 0.0255. The highest BCUT2D eigenvalue weighted by Gasteiger charge is 2.23. The molecule has 0 aliphatic carbocycles. The van der Waals surface area contributed by atoms with Crippen molar-refractivity contribution < 1.29 is 14.2 Å². The Hall–Kier alpha value is -0.200. The molecule has 120 valence electrons. The first-order valence-electron chi connectivity index (χ1n) is 7.83. The number of nitrogens with one attached hydrogen (secondary N) is 1. The average molecular weight is 288 g/mol. The predicted molar refractivity (Wildman–Crippen MR) is 81.2 cm³/mol. The van der Waals surface area contributed by atoms with Crippen LogP contribution < -0.4 is 5.32 Å². The Morgan fingerprint density at radius 2 is 1.80 bits per heavy atom. The van der Waals surface area contributed by atoms with Gasteiger partial charge in [-0.25, -0.2) is 0 Å². The van der Waals surface area contributed by atoms with Gasteiger partial charge in [-0.2, -0.15) is 0 Å². The normalized spacial score (nSPS) is 20.1. The summed E-state index contributed by atoms with van der Waals surface area (Å²) in [6, 6.07) is 0.682. The van der Waals surface area contributed by atoms with Gasteiger partial charge in [-0.3, -0.25) is 0 Å². The maximum absolute atomic E-state index is 5.50. The molecule has 0 spiro atoms. The summed E-state index contributed by atoms with van der Waals surface area (Å²) in [5, 5.41) is 3.49.